The number of hydrazone groups is 1. The normalized spacial score (nSPS) is 12.3. The monoisotopic (exact) mass is 375 g/mol. The maximum absolute atomic E-state index is 12.0. The first-order valence-electron chi connectivity index (χ1n) is 8.68. The maximum Gasteiger partial charge on any atom is 0.329 e. The molecule has 2 amide bonds. The number of nitrogens with zero attached hydrogens (tertiary/aromatic N) is 1. The second-order valence-corrected chi connectivity index (χ2v) is 6.14. The number of ether oxygens (including phenoxy) is 2. The number of carbonyl (C=O) groups excluding carboxylic acids is 2. The van der Waals surface area contributed by atoms with Gasteiger partial charge in [0.05, 0.1) is 6.21 Å². The van der Waals surface area contributed by atoms with Crippen molar-refractivity contribution in [3.63, 3.8) is 0 Å². The van der Waals surface area contributed by atoms with E-state index in [9.17, 15) is 9.59 Å². The molecule has 0 saturated heterocycles. The van der Waals surface area contributed by atoms with Gasteiger partial charge in [0.25, 0.3) is 0 Å². The van der Waals surface area contributed by atoms with E-state index in [4.69, 9.17) is 9.47 Å². The number of carbonyl (C=O) groups is 2. The van der Waals surface area contributed by atoms with Crippen molar-refractivity contribution in [2.24, 2.45) is 5.10 Å². The van der Waals surface area contributed by atoms with Crippen molar-refractivity contribution < 1.29 is 19.1 Å². The van der Waals surface area contributed by atoms with Crippen LogP contribution in [-0.4, -0.2) is 24.8 Å². The van der Waals surface area contributed by atoms with Gasteiger partial charge in [-0.05, 0) is 28.5 Å². The summed E-state index contributed by atoms with van der Waals surface area (Å²) < 4.78 is 10.5. The van der Waals surface area contributed by atoms with Crippen molar-refractivity contribution in [2.45, 2.75) is 6.54 Å². The Morgan fingerprint density at radius 1 is 0.964 bits per heavy atom. The van der Waals surface area contributed by atoms with Crippen LogP contribution in [0.1, 0.15) is 11.1 Å². The van der Waals surface area contributed by atoms with Crippen LogP contribution in [0.4, 0.5) is 0 Å². The Labute approximate surface area is 161 Å². The minimum atomic E-state index is -0.836. The summed E-state index contributed by atoms with van der Waals surface area (Å²) in [5.41, 5.74) is 3.89. The van der Waals surface area contributed by atoms with E-state index in [1.165, 1.54) is 6.21 Å². The molecule has 0 unspecified atom stereocenters. The maximum atomic E-state index is 12.0. The standard InChI is InChI=1S/C21H17N3O4/c25-20(22-11-14-8-9-18-19(10-14)28-13-27-18)21(26)24-23-12-16-6-3-5-15-4-1-2-7-17(15)16/h1-10,12H,11,13H2,(H,22,25)(H,24,26)/b23-12-. The smallest absolute Gasteiger partial charge is 0.329 e. The largest absolute Gasteiger partial charge is 0.454 e. The van der Waals surface area contributed by atoms with Crippen LogP contribution in [0.2, 0.25) is 0 Å². The van der Waals surface area contributed by atoms with E-state index in [0.717, 1.165) is 21.9 Å². The number of amides is 2. The lowest BCUT2D eigenvalue weighted by Gasteiger charge is -2.05. The van der Waals surface area contributed by atoms with Gasteiger partial charge in [-0.15, -0.1) is 0 Å². The Balaban J connectivity index is 1.33. The van der Waals surface area contributed by atoms with Gasteiger partial charge in [0.2, 0.25) is 6.79 Å². The molecule has 0 saturated carbocycles. The average Bonchev–Trinajstić information content (AvgIpc) is 3.20. The molecule has 1 aliphatic rings. The first-order valence-corrected chi connectivity index (χ1v) is 8.68. The second-order valence-electron chi connectivity index (χ2n) is 6.14. The Morgan fingerprint density at radius 3 is 2.71 bits per heavy atom. The number of nitrogens with one attached hydrogen (secondary N) is 2. The molecule has 0 fully saturated rings. The number of fused-ring (bicyclic) bond motifs is 2. The van der Waals surface area contributed by atoms with E-state index < -0.39 is 11.8 Å². The topological polar surface area (TPSA) is 89.0 Å². The van der Waals surface area contributed by atoms with Gasteiger partial charge >= 0.3 is 11.8 Å². The highest BCUT2D eigenvalue weighted by atomic mass is 16.7. The predicted molar refractivity (Wildman–Crippen MR) is 104 cm³/mol. The van der Waals surface area contributed by atoms with Crippen molar-refractivity contribution >= 4 is 28.8 Å². The van der Waals surface area contributed by atoms with Gasteiger partial charge < -0.3 is 14.8 Å². The van der Waals surface area contributed by atoms with Crippen molar-refractivity contribution in [1.82, 2.24) is 10.7 Å². The fraction of sp³-hybridized carbons (Fsp3) is 0.0952. The lowest BCUT2D eigenvalue weighted by Crippen LogP contribution is -2.37. The zero-order valence-electron chi connectivity index (χ0n) is 14.8. The molecule has 1 aliphatic heterocycles. The van der Waals surface area contributed by atoms with E-state index in [2.05, 4.69) is 15.8 Å². The van der Waals surface area contributed by atoms with Crippen molar-refractivity contribution in [3.05, 3.63) is 71.8 Å². The highest BCUT2D eigenvalue weighted by Crippen LogP contribution is 2.32. The molecular formula is C21H17N3O4. The third-order valence-corrected chi connectivity index (χ3v) is 4.29. The molecular weight excluding hydrogens is 358 g/mol. The van der Waals surface area contributed by atoms with Crippen molar-refractivity contribution in [2.75, 3.05) is 6.79 Å². The molecule has 3 aromatic carbocycles. The number of hydrogen-bond donors (Lipinski definition) is 2. The molecule has 1 heterocycles. The lowest BCUT2D eigenvalue weighted by molar-refractivity contribution is -0.139. The van der Waals surface area contributed by atoms with Crippen LogP contribution in [-0.2, 0) is 16.1 Å². The van der Waals surface area contributed by atoms with Crippen LogP contribution in [0, 0.1) is 0 Å². The van der Waals surface area contributed by atoms with Gasteiger partial charge in [0.15, 0.2) is 11.5 Å². The van der Waals surface area contributed by atoms with Crippen molar-refractivity contribution in [1.29, 1.82) is 0 Å². The zero-order chi connectivity index (χ0) is 19.3. The summed E-state index contributed by atoms with van der Waals surface area (Å²) in [7, 11) is 0. The van der Waals surface area contributed by atoms with Crippen LogP contribution in [0.25, 0.3) is 10.8 Å². The fourth-order valence-electron chi connectivity index (χ4n) is 2.89. The predicted octanol–water partition coefficient (Wildman–Crippen LogP) is 2.33. The lowest BCUT2D eigenvalue weighted by atomic mass is 10.1. The molecule has 0 radical (unpaired) electrons. The summed E-state index contributed by atoms with van der Waals surface area (Å²) in [5.74, 6) is -0.323. The Bertz CT molecular complexity index is 1070. The molecule has 28 heavy (non-hydrogen) atoms. The van der Waals surface area contributed by atoms with Crippen LogP contribution in [0.15, 0.2) is 65.8 Å². The Morgan fingerprint density at radius 2 is 1.79 bits per heavy atom. The van der Waals surface area contributed by atoms with Crippen LogP contribution >= 0.6 is 0 Å². The molecule has 7 heteroatoms. The van der Waals surface area contributed by atoms with Gasteiger partial charge in [0, 0.05) is 12.1 Å². The first kappa shape index (κ1) is 17.5. The molecule has 0 bridgehead atoms. The van der Waals surface area contributed by atoms with E-state index in [1.807, 2.05) is 42.5 Å². The molecule has 0 spiro atoms. The fourth-order valence-corrected chi connectivity index (χ4v) is 2.89. The Kier molecular flexibility index (Phi) is 4.88. The summed E-state index contributed by atoms with van der Waals surface area (Å²) in [6, 6.07) is 19.0. The highest BCUT2D eigenvalue weighted by Gasteiger charge is 2.15. The van der Waals surface area contributed by atoms with Crippen LogP contribution < -0.4 is 20.2 Å². The van der Waals surface area contributed by atoms with Gasteiger partial charge in [0.1, 0.15) is 0 Å². The first-order chi connectivity index (χ1) is 13.7. The molecule has 7 nitrogen and oxygen atoms in total. The van der Waals surface area contributed by atoms with E-state index in [-0.39, 0.29) is 13.3 Å². The van der Waals surface area contributed by atoms with Gasteiger partial charge in [-0.1, -0.05) is 48.5 Å². The van der Waals surface area contributed by atoms with E-state index in [1.54, 1.807) is 18.2 Å². The summed E-state index contributed by atoms with van der Waals surface area (Å²) in [5, 5.41) is 8.52. The third-order valence-electron chi connectivity index (χ3n) is 4.29. The van der Waals surface area contributed by atoms with E-state index in [0.29, 0.717) is 11.5 Å². The summed E-state index contributed by atoms with van der Waals surface area (Å²) in [6.45, 7) is 0.373. The van der Waals surface area contributed by atoms with Gasteiger partial charge in [-0.2, -0.15) is 5.10 Å². The molecule has 140 valence electrons. The number of benzene rings is 3. The Hall–Kier alpha value is -3.87. The van der Waals surface area contributed by atoms with Crippen molar-refractivity contribution in [3.8, 4) is 11.5 Å². The molecule has 3 aromatic rings. The molecule has 0 aliphatic carbocycles. The molecule has 0 atom stereocenters. The number of rotatable bonds is 4. The summed E-state index contributed by atoms with van der Waals surface area (Å²) in [6.07, 6.45) is 1.52. The number of hydrogen-bond acceptors (Lipinski definition) is 5. The highest BCUT2D eigenvalue weighted by molar-refractivity contribution is 6.35. The second kappa shape index (κ2) is 7.79. The summed E-state index contributed by atoms with van der Waals surface area (Å²) in [4.78, 5) is 23.9. The SMILES string of the molecule is O=C(NCc1ccc2c(c1)OCO2)C(=O)N/N=C\c1cccc2ccccc12. The minimum Gasteiger partial charge on any atom is -0.454 e. The van der Waals surface area contributed by atoms with Gasteiger partial charge in [-0.25, -0.2) is 5.43 Å². The average molecular weight is 375 g/mol. The molecule has 0 aromatic heterocycles. The third kappa shape index (κ3) is 3.78. The minimum absolute atomic E-state index is 0.183. The summed E-state index contributed by atoms with van der Waals surface area (Å²) >= 11 is 0. The van der Waals surface area contributed by atoms with E-state index >= 15 is 0 Å². The zero-order valence-corrected chi connectivity index (χ0v) is 14.8. The molecule has 4 rings (SSSR count). The molecule has 2 N–H and O–H groups in total. The van der Waals surface area contributed by atoms with Crippen LogP contribution in [0.3, 0.4) is 0 Å². The van der Waals surface area contributed by atoms with Gasteiger partial charge in [-0.3, -0.25) is 9.59 Å². The quantitative estimate of drug-likeness (QED) is 0.416. The van der Waals surface area contributed by atoms with Crippen LogP contribution in [0.5, 0.6) is 11.5 Å².